The van der Waals surface area contributed by atoms with Gasteiger partial charge in [0, 0.05) is 23.5 Å². The predicted octanol–water partition coefficient (Wildman–Crippen LogP) is -0.428. The van der Waals surface area contributed by atoms with Crippen molar-refractivity contribution in [1.82, 2.24) is 20.9 Å². The van der Waals surface area contributed by atoms with Gasteiger partial charge in [-0.2, -0.15) is 0 Å². The number of rotatable bonds is 15. The fourth-order valence-corrected chi connectivity index (χ4v) is 3.93. The Balaban J connectivity index is 2.33. The zero-order chi connectivity index (χ0) is 29.3. The fourth-order valence-electron chi connectivity index (χ4n) is 3.93. The van der Waals surface area contributed by atoms with Crippen LogP contribution in [-0.2, 0) is 35.2 Å². The number of nitrogens with two attached hydrogens (primary N) is 1. The molecule has 1 aromatic carbocycles. The second kappa shape index (κ2) is 13.9. The molecule has 39 heavy (non-hydrogen) atoms. The first kappa shape index (κ1) is 30.8. The smallest absolute Gasteiger partial charge is 0.326 e. The molecule has 14 nitrogen and oxygen atoms in total. The Morgan fingerprint density at radius 2 is 1.36 bits per heavy atom. The lowest BCUT2D eigenvalue weighted by atomic mass is 10.0. The summed E-state index contributed by atoms with van der Waals surface area (Å²) in [7, 11) is 0. The summed E-state index contributed by atoms with van der Waals surface area (Å²) in [5.74, 6) is -7.21. The standard InChI is InChI=1S/C25H33N5O9/c1-12(2)7-15(26)22(35)28-18(9-20(31)32)24(37)29-17(23(36)30-19(25(38)39)10-21(33)34)8-13-11-27-16-6-4-3-5-14(13)16/h3-6,11-12,15,17-19,27H,7-10,26H2,1-2H3,(H,28,35)(H,29,37)(H,30,36)(H,31,32)(H,33,34)(H,38,39). The van der Waals surface area contributed by atoms with Crippen LogP contribution in [0, 0.1) is 5.92 Å². The first-order valence-corrected chi connectivity index (χ1v) is 12.2. The number of aromatic amines is 1. The zero-order valence-electron chi connectivity index (χ0n) is 21.5. The highest BCUT2D eigenvalue weighted by molar-refractivity contribution is 5.96. The summed E-state index contributed by atoms with van der Waals surface area (Å²) >= 11 is 0. The van der Waals surface area contributed by atoms with Crippen LogP contribution in [-0.4, -0.2) is 80.1 Å². The number of carboxylic acids is 3. The van der Waals surface area contributed by atoms with E-state index in [1.54, 1.807) is 30.5 Å². The minimum Gasteiger partial charge on any atom is -0.481 e. The monoisotopic (exact) mass is 547 g/mol. The van der Waals surface area contributed by atoms with E-state index in [-0.39, 0.29) is 18.8 Å². The molecule has 212 valence electrons. The van der Waals surface area contributed by atoms with E-state index < -0.39 is 72.6 Å². The lowest BCUT2D eigenvalue weighted by Crippen LogP contribution is -2.58. The number of H-pyrrole nitrogens is 1. The van der Waals surface area contributed by atoms with Gasteiger partial charge in [0.2, 0.25) is 17.7 Å². The Labute approximate surface area is 223 Å². The molecule has 0 spiro atoms. The van der Waals surface area contributed by atoms with Crippen molar-refractivity contribution in [1.29, 1.82) is 0 Å². The summed E-state index contributed by atoms with van der Waals surface area (Å²) in [6.45, 7) is 3.66. The number of hydrogen-bond donors (Lipinski definition) is 8. The van der Waals surface area contributed by atoms with Crippen LogP contribution in [0.5, 0.6) is 0 Å². The maximum Gasteiger partial charge on any atom is 0.326 e. The van der Waals surface area contributed by atoms with Crippen LogP contribution in [0.15, 0.2) is 30.5 Å². The van der Waals surface area contributed by atoms with Crippen LogP contribution >= 0.6 is 0 Å². The predicted molar refractivity (Wildman–Crippen MR) is 137 cm³/mol. The third kappa shape index (κ3) is 9.41. The van der Waals surface area contributed by atoms with Crippen molar-refractivity contribution in [3.8, 4) is 0 Å². The van der Waals surface area contributed by atoms with Crippen molar-refractivity contribution in [2.24, 2.45) is 11.7 Å². The van der Waals surface area contributed by atoms with Crippen molar-refractivity contribution in [3.05, 3.63) is 36.0 Å². The quantitative estimate of drug-likeness (QED) is 0.143. The number of benzene rings is 1. The van der Waals surface area contributed by atoms with E-state index in [9.17, 15) is 39.0 Å². The minimum atomic E-state index is -1.79. The Kier molecular flexibility index (Phi) is 11.0. The third-order valence-electron chi connectivity index (χ3n) is 5.80. The maximum absolute atomic E-state index is 13.1. The molecular formula is C25H33N5O9. The number of fused-ring (bicyclic) bond motifs is 1. The van der Waals surface area contributed by atoms with Gasteiger partial charge in [0.15, 0.2) is 0 Å². The van der Waals surface area contributed by atoms with Crippen LogP contribution < -0.4 is 21.7 Å². The van der Waals surface area contributed by atoms with Crippen LogP contribution in [0.4, 0.5) is 0 Å². The zero-order valence-corrected chi connectivity index (χ0v) is 21.5. The van der Waals surface area contributed by atoms with E-state index in [1.807, 2.05) is 13.8 Å². The summed E-state index contributed by atoms with van der Waals surface area (Å²) < 4.78 is 0. The topological polar surface area (TPSA) is 241 Å². The lowest BCUT2D eigenvalue weighted by molar-refractivity contribution is -0.147. The number of aliphatic carboxylic acids is 3. The van der Waals surface area contributed by atoms with Crippen molar-refractivity contribution in [2.45, 2.75) is 63.7 Å². The number of para-hydroxylation sites is 1. The molecule has 0 aliphatic rings. The van der Waals surface area contributed by atoms with Gasteiger partial charge < -0.3 is 42.0 Å². The number of amides is 3. The normalized spacial score (nSPS) is 14.2. The SMILES string of the molecule is CC(C)CC(N)C(=O)NC(CC(=O)O)C(=O)NC(Cc1c[nH]c2ccccc12)C(=O)NC(CC(=O)O)C(=O)O. The van der Waals surface area contributed by atoms with E-state index >= 15 is 0 Å². The van der Waals surface area contributed by atoms with E-state index in [2.05, 4.69) is 20.9 Å². The van der Waals surface area contributed by atoms with Gasteiger partial charge in [-0.1, -0.05) is 32.0 Å². The molecule has 0 bridgehead atoms. The average molecular weight is 548 g/mol. The highest BCUT2D eigenvalue weighted by Gasteiger charge is 2.32. The maximum atomic E-state index is 13.1. The first-order chi connectivity index (χ1) is 18.3. The van der Waals surface area contributed by atoms with E-state index in [4.69, 9.17) is 10.8 Å². The summed E-state index contributed by atoms with van der Waals surface area (Å²) in [5.41, 5.74) is 7.14. The highest BCUT2D eigenvalue weighted by Crippen LogP contribution is 2.19. The molecule has 0 radical (unpaired) electrons. The van der Waals surface area contributed by atoms with Crippen molar-refractivity contribution >= 4 is 46.5 Å². The van der Waals surface area contributed by atoms with Crippen LogP contribution in [0.25, 0.3) is 10.9 Å². The van der Waals surface area contributed by atoms with E-state index in [0.717, 1.165) is 5.52 Å². The average Bonchev–Trinajstić information content (AvgIpc) is 3.24. The Morgan fingerprint density at radius 1 is 0.821 bits per heavy atom. The first-order valence-electron chi connectivity index (χ1n) is 12.2. The third-order valence-corrected chi connectivity index (χ3v) is 5.80. The molecule has 3 amide bonds. The second-order valence-electron chi connectivity index (χ2n) is 9.52. The van der Waals surface area contributed by atoms with Gasteiger partial charge in [-0.25, -0.2) is 4.79 Å². The van der Waals surface area contributed by atoms with E-state index in [0.29, 0.717) is 10.9 Å². The number of aromatic nitrogens is 1. The Morgan fingerprint density at radius 3 is 1.95 bits per heavy atom. The van der Waals surface area contributed by atoms with Crippen LogP contribution in [0.1, 0.15) is 38.7 Å². The number of hydrogen-bond acceptors (Lipinski definition) is 7. The molecule has 1 aromatic heterocycles. The van der Waals surface area contributed by atoms with Gasteiger partial charge in [0.1, 0.15) is 18.1 Å². The van der Waals surface area contributed by atoms with E-state index in [1.165, 1.54) is 0 Å². The molecule has 9 N–H and O–H groups in total. The van der Waals surface area contributed by atoms with Crippen molar-refractivity contribution in [3.63, 3.8) is 0 Å². The fraction of sp³-hybridized carbons (Fsp3) is 0.440. The molecule has 14 heteroatoms. The summed E-state index contributed by atoms with van der Waals surface area (Å²) in [6, 6.07) is 1.21. The van der Waals surface area contributed by atoms with Gasteiger partial charge in [0.25, 0.3) is 0 Å². The van der Waals surface area contributed by atoms with Gasteiger partial charge in [-0.05, 0) is 24.0 Å². The lowest BCUT2D eigenvalue weighted by Gasteiger charge is -2.24. The summed E-state index contributed by atoms with van der Waals surface area (Å²) in [6.07, 6.45) is -0.0323. The molecule has 0 aliphatic heterocycles. The number of carbonyl (C=O) groups excluding carboxylic acids is 3. The molecule has 2 aromatic rings. The van der Waals surface area contributed by atoms with Crippen LogP contribution in [0.3, 0.4) is 0 Å². The molecule has 0 aliphatic carbocycles. The highest BCUT2D eigenvalue weighted by atomic mass is 16.4. The molecular weight excluding hydrogens is 514 g/mol. The number of carboxylic acid groups (broad SMARTS) is 3. The molecule has 0 saturated carbocycles. The molecule has 1 heterocycles. The van der Waals surface area contributed by atoms with Gasteiger partial charge in [-0.15, -0.1) is 0 Å². The van der Waals surface area contributed by atoms with Gasteiger partial charge in [0.05, 0.1) is 18.9 Å². The van der Waals surface area contributed by atoms with Gasteiger partial charge in [-0.3, -0.25) is 24.0 Å². The second-order valence-corrected chi connectivity index (χ2v) is 9.52. The van der Waals surface area contributed by atoms with Crippen LogP contribution in [0.2, 0.25) is 0 Å². The van der Waals surface area contributed by atoms with Gasteiger partial charge >= 0.3 is 17.9 Å². The number of carbonyl (C=O) groups is 6. The summed E-state index contributed by atoms with van der Waals surface area (Å²) in [4.78, 5) is 75.8. The molecule has 0 fully saturated rings. The number of nitrogens with one attached hydrogen (secondary N) is 4. The Hall–Kier alpha value is -4.46. The van der Waals surface area contributed by atoms with Crippen molar-refractivity contribution < 1.29 is 44.1 Å². The molecule has 2 rings (SSSR count). The largest absolute Gasteiger partial charge is 0.481 e. The Bertz CT molecular complexity index is 1230. The van der Waals surface area contributed by atoms with Crippen molar-refractivity contribution in [2.75, 3.05) is 0 Å². The minimum absolute atomic E-state index is 0.0507. The summed E-state index contributed by atoms with van der Waals surface area (Å²) in [5, 5.41) is 35.1. The molecule has 0 saturated heterocycles. The molecule has 4 atom stereocenters. The molecule has 4 unspecified atom stereocenters.